The third-order valence-electron chi connectivity index (χ3n) is 1.68. The van der Waals surface area contributed by atoms with E-state index in [0.29, 0.717) is 0 Å². The first kappa shape index (κ1) is 16.9. The molecule has 18 heavy (non-hydrogen) atoms. The van der Waals surface area contributed by atoms with Gasteiger partial charge in [0.1, 0.15) is 10.1 Å². The Morgan fingerprint density at radius 2 is 1.50 bits per heavy atom. The van der Waals surface area contributed by atoms with E-state index in [2.05, 4.69) is 9.47 Å². The van der Waals surface area contributed by atoms with Crippen LogP contribution in [0.15, 0.2) is 0 Å². The first-order chi connectivity index (χ1) is 8.04. The zero-order valence-corrected chi connectivity index (χ0v) is 11.5. The summed E-state index contributed by atoms with van der Waals surface area (Å²) in [6.07, 6.45) is -1.88. The van der Waals surface area contributed by atoms with E-state index in [1.165, 1.54) is 13.8 Å². The van der Waals surface area contributed by atoms with E-state index in [-0.39, 0.29) is 0 Å². The molecule has 0 saturated carbocycles. The van der Waals surface area contributed by atoms with Gasteiger partial charge >= 0.3 is 11.9 Å². The number of ether oxygens (including phenoxy) is 2. The van der Waals surface area contributed by atoms with Gasteiger partial charge in [-0.1, -0.05) is 0 Å². The van der Waals surface area contributed by atoms with E-state index in [1.807, 2.05) is 0 Å². The monoisotopic (exact) mass is 281 g/mol. The van der Waals surface area contributed by atoms with Gasteiger partial charge in [-0.05, 0) is 27.7 Å². The second-order valence-electron chi connectivity index (χ2n) is 4.21. The van der Waals surface area contributed by atoms with E-state index < -0.39 is 45.9 Å². The fraction of sp³-hybridized carbons (Fsp3) is 0.800. The Morgan fingerprint density at radius 3 is 1.83 bits per heavy atom. The average Bonchev–Trinajstić information content (AvgIpc) is 2.09. The largest absolute Gasteiger partial charge is 0.747 e. The second-order valence-corrected chi connectivity index (χ2v) is 5.76. The van der Waals surface area contributed by atoms with Crippen molar-refractivity contribution in [1.29, 1.82) is 0 Å². The minimum Gasteiger partial charge on any atom is -0.747 e. The average molecular weight is 281 g/mol. The minimum atomic E-state index is -4.97. The molecular formula is C10H17O7S-. The fourth-order valence-corrected chi connectivity index (χ4v) is 1.71. The molecule has 8 heteroatoms. The highest BCUT2D eigenvalue weighted by atomic mass is 32.2. The van der Waals surface area contributed by atoms with Crippen molar-refractivity contribution in [1.82, 2.24) is 0 Å². The molecule has 0 radical (unpaired) electrons. The quantitative estimate of drug-likeness (QED) is 0.505. The third-order valence-corrected chi connectivity index (χ3v) is 2.74. The normalized spacial score (nSPS) is 13.5. The first-order valence-corrected chi connectivity index (χ1v) is 6.85. The lowest BCUT2D eigenvalue weighted by Crippen LogP contribution is -2.36. The van der Waals surface area contributed by atoms with Crippen LogP contribution in [-0.2, 0) is 29.2 Å². The summed E-state index contributed by atoms with van der Waals surface area (Å²) in [5.41, 5.74) is 0. The van der Waals surface area contributed by atoms with Crippen LogP contribution in [0.25, 0.3) is 0 Å². The predicted octanol–water partition coefficient (Wildman–Crippen LogP) is 0.194. The van der Waals surface area contributed by atoms with Gasteiger partial charge in [0, 0.05) is 0 Å². The molecule has 0 fully saturated rings. The molecule has 1 unspecified atom stereocenters. The van der Waals surface area contributed by atoms with Crippen LogP contribution >= 0.6 is 0 Å². The summed E-state index contributed by atoms with van der Waals surface area (Å²) in [5.74, 6) is -2.17. The lowest BCUT2D eigenvalue weighted by molar-refractivity contribution is -0.154. The number of hydrogen-bond donors (Lipinski definition) is 0. The summed E-state index contributed by atoms with van der Waals surface area (Å²) in [4.78, 5) is 22.7. The van der Waals surface area contributed by atoms with Gasteiger partial charge in [-0.3, -0.25) is 9.59 Å². The molecule has 0 aliphatic rings. The highest BCUT2D eigenvalue weighted by molar-refractivity contribution is 7.87. The van der Waals surface area contributed by atoms with Crippen molar-refractivity contribution in [3.8, 4) is 0 Å². The summed E-state index contributed by atoms with van der Waals surface area (Å²) in [7, 11) is -4.97. The van der Waals surface area contributed by atoms with Gasteiger partial charge in [0.15, 0.2) is 5.25 Å². The lowest BCUT2D eigenvalue weighted by atomic mass is 10.3. The Balaban J connectivity index is 4.82. The molecule has 0 amide bonds. The lowest BCUT2D eigenvalue weighted by Gasteiger charge is -2.20. The summed E-state index contributed by atoms with van der Waals surface area (Å²) < 4.78 is 42.0. The van der Waals surface area contributed by atoms with E-state index in [4.69, 9.17) is 0 Å². The van der Waals surface area contributed by atoms with Gasteiger partial charge < -0.3 is 14.0 Å². The Hall–Kier alpha value is -1.15. The van der Waals surface area contributed by atoms with Crippen LogP contribution < -0.4 is 0 Å². The van der Waals surface area contributed by atoms with Crippen LogP contribution in [0, 0.1) is 0 Å². The van der Waals surface area contributed by atoms with Crippen LogP contribution in [0.1, 0.15) is 34.1 Å². The molecule has 106 valence electrons. The first-order valence-electron chi connectivity index (χ1n) is 5.38. The molecule has 0 N–H and O–H groups in total. The molecule has 0 aromatic carbocycles. The second kappa shape index (κ2) is 6.69. The van der Waals surface area contributed by atoms with Gasteiger partial charge in [-0.15, -0.1) is 0 Å². The molecule has 0 aromatic heterocycles. The molecule has 0 spiro atoms. The Morgan fingerprint density at radius 1 is 1.06 bits per heavy atom. The molecule has 0 heterocycles. The SMILES string of the molecule is CC(C)OC(=O)CC(C(=O)OC(C)C)S(=O)(=O)[O-]. The van der Waals surface area contributed by atoms with Gasteiger partial charge in [-0.2, -0.15) is 0 Å². The maximum Gasteiger partial charge on any atom is 0.324 e. The number of esters is 2. The minimum absolute atomic E-state index is 0.464. The third kappa shape index (κ3) is 6.55. The van der Waals surface area contributed by atoms with Crippen molar-refractivity contribution in [2.45, 2.75) is 51.6 Å². The molecule has 0 rings (SSSR count). The summed E-state index contributed by atoms with van der Waals surface area (Å²) in [6, 6.07) is 0. The van der Waals surface area contributed by atoms with Crippen molar-refractivity contribution < 1.29 is 32.0 Å². The molecular weight excluding hydrogens is 264 g/mol. The Bertz CT molecular complexity index is 396. The number of rotatable bonds is 6. The van der Waals surface area contributed by atoms with Crippen molar-refractivity contribution in [3.63, 3.8) is 0 Å². The van der Waals surface area contributed by atoms with E-state index in [0.717, 1.165) is 0 Å². The fourth-order valence-electron chi connectivity index (χ4n) is 1.07. The molecule has 0 bridgehead atoms. The van der Waals surface area contributed by atoms with E-state index in [9.17, 15) is 22.6 Å². The molecule has 0 aromatic rings. The van der Waals surface area contributed by atoms with Crippen LogP contribution in [0.5, 0.6) is 0 Å². The Kier molecular flexibility index (Phi) is 6.27. The molecule has 7 nitrogen and oxygen atoms in total. The van der Waals surface area contributed by atoms with Gasteiger partial charge in [0.05, 0.1) is 18.6 Å². The van der Waals surface area contributed by atoms with Crippen molar-refractivity contribution in [3.05, 3.63) is 0 Å². The van der Waals surface area contributed by atoms with Gasteiger partial charge in [-0.25, -0.2) is 8.42 Å². The number of carbonyl (C=O) groups is 2. The van der Waals surface area contributed by atoms with E-state index in [1.54, 1.807) is 13.8 Å². The summed E-state index contributed by atoms with van der Waals surface area (Å²) in [5, 5.41) is -2.06. The van der Waals surface area contributed by atoms with Crippen LogP contribution in [0.2, 0.25) is 0 Å². The van der Waals surface area contributed by atoms with Crippen LogP contribution in [0.4, 0.5) is 0 Å². The Labute approximate surface area is 106 Å². The van der Waals surface area contributed by atoms with Crippen molar-refractivity contribution in [2.75, 3.05) is 0 Å². The maximum absolute atomic E-state index is 11.4. The zero-order valence-electron chi connectivity index (χ0n) is 10.7. The molecule has 0 saturated heterocycles. The van der Waals surface area contributed by atoms with Gasteiger partial charge in [0.2, 0.25) is 0 Å². The summed E-state index contributed by atoms with van der Waals surface area (Å²) >= 11 is 0. The topological polar surface area (TPSA) is 110 Å². The standard InChI is InChI=1S/C10H18O7S/c1-6(2)16-9(11)5-8(18(13,14)15)10(12)17-7(3)4/h6-8H,5H2,1-4H3,(H,13,14,15)/p-1. The highest BCUT2D eigenvalue weighted by Crippen LogP contribution is 2.10. The zero-order chi connectivity index (χ0) is 14.5. The maximum atomic E-state index is 11.4. The smallest absolute Gasteiger partial charge is 0.324 e. The van der Waals surface area contributed by atoms with Crippen molar-refractivity contribution in [2.24, 2.45) is 0 Å². The van der Waals surface area contributed by atoms with Crippen molar-refractivity contribution >= 4 is 22.1 Å². The predicted molar refractivity (Wildman–Crippen MR) is 60.6 cm³/mol. The van der Waals surface area contributed by atoms with E-state index >= 15 is 0 Å². The van der Waals surface area contributed by atoms with Gasteiger partial charge in [0.25, 0.3) is 0 Å². The molecule has 0 aliphatic carbocycles. The van der Waals surface area contributed by atoms with Crippen LogP contribution in [-0.4, -0.2) is 42.4 Å². The molecule has 1 atom stereocenters. The number of hydrogen-bond acceptors (Lipinski definition) is 7. The summed E-state index contributed by atoms with van der Waals surface area (Å²) in [6.45, 7) is 6.12. The highest BCUT2D eigenvalue weighted by Gasteiger charge is 2.31. The molecule has 0 aliphatic heterocycles. The van der Waals surface area contributed by atoms with Crippen LogP contribution in [0.3, 0.4) is 0 Å². The number of carbonyl (C=O) groups excluding carboxylic acids is 2.